The van der Waals surface area contributed by atoms with Crippen molar-refractivity contribution >= 4 is 8.60 Å². The molecule has 0 saturated heterocycles. The summed E-state index contributed by atoms with van der Waals surface area (Å²) in [5, 5.41) is 0. The highest BCUT2D eigenvalue weighted by molar-refractivity contribution is 7.43. The first kappa shape index (κ1) is 109. The van der Waals surface area contributed by atoms with Gasteiger partial charge in [0, 0.05) is 16.7 Å². The average Bonchev–Trinajstić information content (AvgIpc) is 0.732. The van der Waals surface area contributed by atoms with E-state index in [9.17, 15) is 0 Å². The van der Waals surface area contributed by atoms with Crippen LogP contribution < -0.4 is 13.6 Å². The molecule has 9 aromatic carbocycles. The molecular formula is C129H189O3P. The van der Waals surface area contributed by atoms with Gasteiger partial charge in [0.05, 0.1) is 0 Å². The quantitative estimate of drug-likeness (QED) is 0.0357. The molecule has 0 heterocycles. The van der Waals surface area contributed by atoms with Gasteiger partial charge < -0.3 is 13.6 Å². The van der Waals surface area contributed by atoms with Crippen LogP contribution in [-0.2, 0) is 81.2 Å². The van der Waals surface area contributed by atoms with Crippen LogP contribution in [0.3, 0.4) is 0 Å². The molecule has 0 N–H and O–H groups in total. The Labute approximate surface area is 818 Å². The smallest absolute Gasteiger partial charge is 0.408 e. The monoisotopic (exact) mass is 1820 g/mol. The van der Waals surface area contributed by atoms with E-state index in [-0.39, 0.29) is 81.2 Å². The zero-order chi connectivity index (χ0) is 100. The molecule has 0 atom stereocenters. The van der Waals surface area contributed by atoms with Crippen molar-refractivity contribution in [1.29, 1.82) is 0 Å². The van der Waals surface area contributed by atoms with E-state index >= 15 is 0 Å². The van der Waals surface area contributed by atoms with Crippen LogP contribution in [0.15, 0.2) is 146 Å². The van der Waals surface area contributed by atoms with Gasteiger partial charge >= 0.3 is 8.60 Å². The van der Waals surface area contributed by atoms with Crippen molar-refractivity contribution in [2.75, 3.05) is 0 Å². The molecule has 0 aliphatic heterocycles. The lowest BCUT2D eigenvalue weighted by Crippen LogP contribution is -2.24. The molecule has 0 radical (unpaired) electrons. The number of hydrogen-bond donors (Lipinski definition) is 0. The lowest BCUT2D eigenvalue weighted by atomic mass is 9.68. The van der Waals surface area contributed by atoms with Gasteiger partial charge in [-0.05, 0) is 329 Å². The fourth-order valence-electron chi connectivity index (χ4n) is 19.0. The molecule has 9 aromatic rings. The van der Waals surface area contributed by atoms with E-state index in [0.29, 0.717) is 0 Å². The van der Waals surface area contributed by atoms with Gasteiger partial charge in [0.2, 0.25) is 0 Å². The summed E-state index contributed by atoms with van der Waals surface area (Å²) in [6.07, 6.45) is 14.3. The minimum Gasteiger partial charge on any atom is -0.408 e. The van der Waals surface area contributed by atoms with Crippen LogP contribution in [0.4, 0.5) is 0 Å². The topological polar surface area (TPSA) is 27.7 Å². The van der Waals surface area contributed by atoms with Crippen molar-refractivity contribution < 1.29 is 13.6 Å². The molecule has 0 unspecified atom stereocenters. The summed E-state index contributed by atoms with van der Waals surface area (Å²) >= 11 is 0. The summed E-state index contributed by atoms with van der Waals surface area (Å²) in [6, 6.07) is 60.1. The van der Waals surface area contributed by atoms with Gasteiger partial charge in [-0.25, -0.2) is 0 Å². The molecule has 133 heavy (non-hydrogen) atoms. The van der Waals surface area contributed by atoms with Gasteiger partial charge in [-0.1, -0.05) is 439 Å². The van der Waals surface area contributed by atoms with Crippen molar-refractivity contribution in [2.24, 2.45) is 0 Å². The SMILES string of the molecule is CCC(C)(C)c1ccc(-c2c(OP(Oc3ccc(C(C)(C)CC)c(-c4ccc(C(C)(C)CC)cc4C(C)(C)CC)c3-c3ccc(C(C)(C)CC)cc3C(C)(C)CC)Oc3ccc(C(C)(C)CC)c(-c4ccc(C(C)(C)CC)cc4C(C)(C)CC)c3-c3ccc(C(C)(C)CC)cc3C(C)(C)CC)ccc(C(C)(C)CC)c2-c2ccc(C(C)(C)CC)cc2C(C)(C)CC)c(C(C)(C)CC)c1. The van der Waals surface area contributed by atoms with Crippen LogP contribution in [-0.4, -0.2) is 0 Å². The van der Waals surface area contributed by atoms with E-state index in [4.69, 9.17) is 13.6 Å². The van der Waals surface area contributed by atoms with Crippen molar-refractivity contribution in [1.82, 2.24) is 0 Å². The van der Waals surface area contributed by atoms with Crippen LogP contribution in [0.1, 0.15) is 491 Å². The van der Waals surface area contributed by atoms with Gasteiger partial charge in [-0.2, -0.15) is 0 Å². The van der Waals surface area contributed by atoms with Crippen molar-refractivity contribution in [3.05, 3.63) is 229 Å². The molecule has 728 valence electrons. The summed E-state index contributed by atoms with van der Waals surface area (Å²) in [5.74, 6) is 2.17. The Bertz CT molecular complexity index is 5030. The fraction of sp³-hybridized carbons (Fsp3) is 0.581. The van der Waals surface area contributed by atoms with Gasteiger partial charge in [0.25, 0.3) is 0 Å². The molecule has 0 bridgehead atoms. The Morgan fingerprint density at radius 3 is 0.414 bits per heavy atom. The average molecular weight is 1820 g/mol. The number of hydrogen-bond acceptors (Lipinski definition) is 3. The van der Waals surface area contributed by atoms with E-state index in [1.807, 2.05) is 0 Å². The molecule has 0 spiro atoms. The Balaban J connectivity index is 1.71. The van der Waals surface area contributed by atoms with E-state index in [2.05, 4.69) is 457 Å². The van der Waals surface area contributed by atoms with Gasteiger partial charge in [-0.3, -0.25) is 0 Å². The van der Waals surface area contributed by atoms with E-state index in [1.54, 1.807) is 0 Å². The van der Waals surface area contributed by atoms with Crippen LogP contribution in [0, 0.1) is 0 Å². The highest BCUT2D eigenvalue weighted by Gasteiger charge is 2.44. The molecule has 0 aliphatic carbocycles. The zero-order valence-corrected chi connectivity index (χ0v) is 94.5. The largest absolute Gasteiger partial charge is 0.530 e. The molecule has 4 heteroatoms. The van der Waals surface area contributed by atoms with Crippen molar-refractivity contribution in [3.63, 3.8) is 0 Å². The van der Waals surface area contributed by atoms with Crippen LogP contribution in [0.5, 0.6) is 17.2 Å². The second-order valence-corrected chi connectivity index (χ2v) is 51.2. The predicted octanol–water partition coefficient (Wildman–Crippen LogP) is 40.8. The molecule has 0 aromatic heterocycles. The first-order chi connectivity index (χ1) is 61.4. The summed E-state index contributed by atoms with van der Waals surface area (Å²) in [5.41, 5.74) is 30.8. The maximum absolute atomic E-state index is 8.89. The number of benzene rings is 9. The highest BCUT2D eigenvalue weighted by Crippen LogP contribution is 2.62. The van der Waals surface area contributed by atoms with Crippen molar-refractivity contribution in [2.45, 2.75) is 489 Å². The lowest BCUT2D eigenvalue weighted by molar-refractivity contribution is 0.389. The van der Waals surface area contributed by atoms with Gasteiger partial charge in [-0.15, -0.1) is 0 Å². The highest BCUT2D eigenvalue weighted by atomic mass is 31.2. The third-order valence-corrected chi connectivity index (χ3v) is 37.3. The molecule has 0 amide bonds. The van der Waals surface area contributed by atoms with E-state index < -0.39 is 8.60 Å². The van der Waals surface area contributed by atoms with Gasteiger partial charge in [0.1, 0.15) is 17.2 Å². The maximum Gasteiger partial charge on any atom is 0.530 e. The minimum atomic E-state index is -2.65. The lowest BCUT2D eigenvalue weighted by Gasteiger charge is -2.37. The maximum atomic E-state index is 8.89. The van der Waals surface area contributed by atoms with Crippen LogP contribution in [0.2, 0.25) is 0 Å². The standard InChI is InChI=1S/C129H189O3P/c1-46-115(16,17)85-61-67-91(100(79-85)124(34,35)55-10)109-97(121(28,29)52-7)73-76-106(112(109)94-70-64-88(118(22,23)49-4)82-103(94)127(40,41)58-13)130-133(131-107-77-74-98(122(30,31)53-8)110(92-68-62-86(116(18,19)47-2)80-101(92)125(36,37)56-11)113(107)95-71-65-89(119(24,25)50-5)83-104(95)128(42,43)59-14)132-108-78-75-99(123(32,33)54-9)111(93-69-63-87(117(20,21)48-3)81-102(93)126(38,39)57-12)114(108)96-72-66-90(120(26,27)51-6)84-105(96)129(44,45)60-15/h61-84H,46-60H2,1-45H3. The third-order valence-electron chi connectivity index (χ3n) is 36.3. The first-order valence-corrected chi connectivity index (χ1v) is 53.8. The Kier molecular flexibility index (Phi) is 33.2. The summed E-state index contributed by atoms with van der Waals surface area (Å²) in [6.45, 7) is 109. The molecule has 9 rings (SSSR count). The Hall–Kier alpha value is -7.19. The normalized spacial score (nSPS) is 13.7. The molecule has 0 saturated carbocycles. The Morgan fingerprint density at radius 1 is 0.150 bits per heavy atom. The second-order valence-electron chi connectivity index (χ2n) is 50.2. The summed E-state index contributed by atoms with van der Waals surface area (Å²) < 4.78 is 26.7. The van der Waals surface area contributed by atoms with Gasteiger partial charge in [0.15, 0.2) is 0 Å². The molecule has 0 fully saturated rings. The number of rotatable bonds is 42. The summed E-state index contributed by atoms with van der Waals surface area (Å²) in [4.78, 5) is 0. The first-order valence-electron chi connectivity index (χ1n) is 52.7. The third kappa shape index (κ3) is 22.0. The Morgan fingerprint density at radius 2 is 0.278 bits per heavy atom. The summed E-state index contributed by atoms with van der Waals surface area (Å²) in [7, 11) is -2.65. The fourth-order valence-corrected chi connectivity index (χ4v) is 20.1. The zero-order valence-electron chi connectivity index (χ0n) is 93.6. The van der Waals surface area contributed by atoms with Crippen LogP contribution in [0.25, 0.3) is 66.8 Å². The molecule has 0 aliphatic rings. The molecular weight excluding hydrogens is 1630 g/mol. The van der Waals surface area contributed by atoms with E-state index in [1.165, 1.54) is 134 Å². The van der Waals surface area contributed by atoms with Crippen molar-refractivity contribution in [3.8, 4) is 84.0 Å². The van der Waals surface area contributed by atoms with E-state index in [0.717, 1.165) is 130 Å². The van der Waals surface area contributed by atoms with Crippen LogP contribution >= 0.6 is 8.60 Å². The minimum absolute atomic E-state index is 0.0810. The predicted molar refractivity (Wildman–Crippen MR) is 591 cm³/mol. The second kappa shape index (κ2) is 40.3. The molecule has 3 nitrogen and oxygen atoms in total.